The summed E-state index contributed by atoms with van der Waals surface area (Å²) in [4.78, 5) is 22.8. The first-order chi connectivity index (χ1) is 12.3. The SMILES string of the molecule is O=C(NCc1ccncc1)c1ccc(NCCN2CCOCC2)nc1. The van der Waals surface area contributed by atoms with E-state index < -0.39 is 0 Å². The van der Waals surface area contributed by atoms with E-state index in [0.29, 0.717) is 12.1 Å². The van der Waals surface area contributed by atoms with Crippen LogP contribution in [0.15, 0.2) is 42.9 Å². The van der Waals surface area contributed by atoms with Crippen molar-refractivity contribution >= 4 is 11.7 Å². The number of rotatable bonds is 7. The van der Waals surface area contributed by atoms with Gasteiger partial charge < -0.3 is 15.4 Å². The van der Waals surface area contributed by atoms with Crippen LogP contribution in [-0.2, 0) is 11.3 Å². The number of pyridine rings is 2. The zero-order chi connectivity index (χ0) is 17.3. The zero-order valence-corrected chi connectivity index (χ0v) is 14.1. The van der Waals surface area contributed by atoms with E-state index in [-0.39, 0.29) is 5.91 Å². The number of aromatic nitrogens is 2. The monoisotopic (exact) mass is 341 g/mol. The predicted molar refractivity (Wildman–Crippen MR) is 95.4 cm³/mol. The van der Waals surface area contributed by atoms with Gasteiger partial charge in [-0.1, -0.05) is 0 Å². The summed E-state index contributed by atoms with van der Waals surface area (Å²) in [5, 5.41) is 6.16. The molecule has 7 nitrogen and oxygen atoms in total. The first-order valence-corrected chi connectivity index (χ1v) is 8.48. The predicted octanol–water partition coefficient (Wildman–Crippen LogP) is 1.15. The van der Waals surface area contributed by atoms with E-state index in [1.165, 1.54) is 0 Å². The van der Waals surface area contributed by atoms with Crippen molar-refractivity contribution in [1.82, 2.24) is 20.2 Å². The lowest BCUT2D eigenvalue weighted by molar-refractivity contribution is 0.0398. The third-order valence-corrected chi connectivity index (χ3v) is 4.07. The number of anilines is 1. The Hall–Kier alpha value is -2.51. The molecule has 1 aliphatic rings. The number of ether oxygens (including phenoxy) is 1. The van der Waals surface area contributed by atoms with E-state index in [1.54, 1.807) is 24.7 Å². The van der Waals surface area contributed by atoms with E-state index in [4.69, 9.17) is 4.74 Å². The van der Waals surface area contributed by atoms with E-state index in [2.05, 4.69) is 25.5 Å². The van der Waals surface area contributed by atoms with Crippen molar-refractivity contribution in [2.75, 3.05) is 44.7 Å². The van der Waals surface area contributed by atoms with Gasteiger partial charge in [-0.15, -0.1) is 0 Å². The number of morpholine rings is 1. The topological polar surface area (TPSA) is 79.4 Å². The fourth-order valence-electron chi connectivity index (χ4n) is 2.58. The van der Waals surface area contributed by atoms with Crippen LogP contribution in [0.1, 0.15) is 15.9 Å². The van der Waals surface area contributed by atoms with Gasteiger partial charge in [-0.05, 0) is 29.8 Å². The Labute approximate surface area is 147 Å². The smallest absolute Gasteiger partial charge is 0.253 e. The fourth-order valence-corrected chi connectivity index (χ4v) is 2.58. The molecular weight excluding hydrogens is 318 g/mol. The molecule has 0 radical (unpaired) electrons. The Balaban J connectivity index is 1.42. The average Bonchev–Trinajstić information content (AvgIpc) is 2.68. The van der Waals surface area contributed by atoms with Crippen LogP contribution in [0.5, 0.6) is 0 Å². The third-order valence-electron chi connectivity index (χ3n) is 4.07. The van der Waals surface area contributed by atoms with Gasteiger partial charge in [0.25, 0.3) is 5.91 Å². The normalized spacial score (nSPS) is 14.9. The largest absolute Gasteiger partial charge is 0.379 e. The van der Waals surface area contributed by atoms with Crippen molar-refractivity contribution in [1.29, 1.82) is 0 Å². The van der Waals surface area contributed by atoms with E-state index in [1.807, 2.05) is 18.2 Å². The zero-order valence-electron chi connectivity index (χ0n) is 14.1. The van der Waals surface area contributed by atoms with Gasteiger partial charge >= 0.3 is 0 Å². The molecule has 2 N–H and O–H groups in total. The highest BCUT2D eigenvalue weighted by molar-refractivity contribution is 5.93. The summed E-state index contributed by atoms with van der Waals surface area (Å²) < 4.78 is 5.33. The van der Waals surface area contributed by atoms with Crippen LogP contribution in [0.2, 0.25) is 0 Å². The summed E-state index contributed by atoms with van der Waals surface area (Å²) in [6, 6.07) is 7.37. The molecule has 132 valence electrons. The number of amides is 1. The molecular formula is C18H23N5O2. The van der Waals surface area contributed by atoms with E-state index in [0.717, 1.165) is 50.8 Å². The quantitative estimate of drug-likeness (QED) is 0.786. The Morgan fingerprint density at radius 3 is 2.68 bits per heavy atom. The number of hydrogen-bond acceptors (Lipinski definition) is 6. The standard InChI is InChI=1S/C18H23N5O2/c24-18(22-13-15-3-5-19-6-4-15)16-1-2-17(21-14-16)20-7-8-23-9-11-25-12-10-23/h1-6,14H,7-13H2,(H,20,21)(H,22,24). The van der Waals surface area contributed by atoms with Gasteiger partial charge in [0, 0.05) is 51.3 Å². The van der Waals surface area contributed by atoms with Crippen molar-refractivity contribution in [2.24, 2.45) is 0 Å². The lowest BCUT2D eigenvalue weighted by atomic mass is 10.2. The van der Waals surface area contributed by atoms with Gasteiger partial charge in [0.1, 0.15) is 5.82 Å². The van der Waals surface area contributed by atoms with Crippen LogP contribution in [0.4, 0.5) is 5.82 Å². The van der Waals surface area contributed by atoms with Gasteiger partial charge in [0.05, 0.1) is 18.8 Å². The Morgan fingerprint density at radius 2 is 1.96 bits per heavy atom. The van der Waals surface area contributed by atoms with Gasteiger partial charge in [-0.3, -0.25) is 14.7 Å². The van der Waals surface area contributed by atoms with Crippen LogP contribution < -0.4 is 10.6 Å². The van der Waals surface area contributed by atoms with Crippen LogP contribution in [0.25, 0.3) is 0 Å². The summed E-state index contributed by atoms with van der Waals surface area (Å²) in [5.74, 6) is 0.642. The first-order valence-electron chi connectivity index (χ1n) is 8.48. The Kier molecular flexibility index (Phi) is 6.30. The molecule has 1 amide bonds. The summed E-state index contributed by atoms with van der Waals surface area (Å²) in [6.07, 6.45) is 5.01. The molecule has 3 rings (SSSR count). The molecule has 25 heavy (non-hydrogen) atoms. The minimum atomic E-state index is -0.135. The molecule has 0 aliphatic carbocycles. The highest BCUT2D eigenvalue weighted by atomic mass is 16.5. The fraction of sp³-hybridized carbons (Fsp3) is 0.389. The number of carbonyl (C=O) groups is 1. The van der Waals surface area contributed by atoms with Crippen molar-refractivity contribution in [3.05, 3.63) is 54.0 Å². The van der Waals surface area contributed by atoms with Gasteiger partial charge in [-0.25, -0.2) is 4.98 Å². The van der Waals surface area contributed by atoms with Crippen molar-refractivity contribution < 1.29 is 9.53 Å². The summed E-state index contributed by atoms with van der Waals surface area (Å²) >= 11 is 0. The molecule has 1 fully saturated rings. The second-order valence-corrected chi connectivity index (χ2v) is 5.85. The number of carbonyl (C=O) groups excluding carboxylic acids is 1. The number of nitrogens with zero attached hydrogens (tertiary/aromatic N) is 3. The molecule has 1 aliphatic heterocycles. The highest BCUT2D eigenvalue weighted by Gasteiger charge is 2.10. The van der Waals surface area contributed by atoms with E-state index >= 15 is 0 Å². The molecule has 0 spiro atoms. The maximum Gasteiger partial charge on any atom is 0.253 e. The molecule has 0 bridgehead atoms. The first kappa shape index (κ1) is 17.3. The molecule has 0 unspecified atom stereocenters. The van der Waals surface area contributed by atoms with Gasteiger partial charge in [-0.2, -0.15) is 0 Å². The van der Waals surface area contributed by atoms with Crippen molar-refractivity contribution in [2.45, 2.75) is 6.54 Å². The summed E-state index contributed by atoms with van der Waals surface area (Å²) in [6.45, 7) is 5.82. The van der Waals surface area contributed by atoms with Crippen LogP contribution in [-0.4, -0.2) is 60.2 Å². The molecule has 0 atom stereocenters. The van der Waals surface area contributed by atoms with E-state index in [9.17, 15) is 4.79 Å². The average molecular weight is 341 g/mol. The van der Waals surface area contributed by atoms with Crippen LogP contribution in [0.3, 0.4) is 0 Å². The molecule has 0 aromatic carbocycles. The minimum absolute atomic E-state index is 0.135. The molecule has 2 aromatic rings. The summed E-state index contributed by atoms with van der Waals surface area (Å²) in [7, 11) is 0. The highest BCUT2D eigenvalue weighted by Crippen LogP contribution is 2.06. The minimum Gasteiger partial charge on any atom is -0.379 e. The van der Waals surface area contributed by atoms with Crippen LogP contribution in [0, 0.1) is 0 Å². The number of nitrogens with one attached hydrogen (secondary N) is 2. The molecule has 3 heterocycles. The van der Waals surface area contributed by atoms with Gasteiger partial charge in [0.2, 0.25) is 0 Å². The Morgan fingerprint density at radius 1 is 1.16 bits per heavy atom. The lowest BCUT2D eigenvalue weighted by Crippen LogP contribution is -2.39. The van der Waals surface area contributed by atoms with Crippen LogP contribution >= 0.6 is 0 Å². The lowest BCUT2D eigenvalue weighted by Gasteiger charge is -2.26. The maximum atomic E-state index is 12.1. The molecule has 7 heteroatoms. The Bertz CT molecular complexity index is 657. The maximum absolute atomic E-state index is 12.1. The van der Waals surface area contributed by atoms with Crippen molar-refractivity contribution in [3.63, 3.8) is 0 Å². The molecule has 1 saturated heterocycles. The second kappa shape index (κ2) is 9.10. The molecule has 0 saturated carbocycles. The molecule has 2 aromatic heterocycles. The second-order valence-electron chi connectivity index (χ2n) is 5.85. The third kappa shape index (κ3) is 5.51. The summed E-state index contributed by atoms with van der Waals surface area (Å²) in [5.41, 5.74) is 1.56. The number of hydrogen-bond donors (Lipinski definition) is 2. The van der Waals surface area contributed by atoms with Crippen molar-refractivity contribution in [3.8, 4) is 0 Å². The van der Waals surface area contributed by atoms with Gasteiger partial charge in [0.15, 0.2) is 0 Å².